The van der Waals surface area contributed by atoms with E-state index in [1.807, 2.05) is 0 Å². The number of halogens is 2. The van der Waals surface area contributed by atoms with Crippen molar-refractivity contribution in [2.75, 3.05) is 23.8 Å². The second-order valence-corrected chi connectivity index (χ2v) is 8.19. The number of hydrogen-bond acceptors (Lipinski definition) is 4. The van der Waals surface area contributed by atoms with Gasteiger partial charge in [-0.25, -0.2) is 17.2 Å². The standard InChI is InChI=1S/C21H18F2N2O4S/c1-25(18-8-3-4-9-19(18)29-2)30(27,28)15-12-10-14(11-13-15)21(26)24-17-7-5-6-16(22)20(17)23/h3-13H,1-2H3,(H,24,26). The van der Waals surface area contributed by atoms with Crippen molar-refractivity contribution >= 4 is 27.3 Å². The molecule has 0 aromatic heterocycles. The highest BCUT2D eigenvalue weighted by Gasteiger charge is 2.24. The van der Waals surface area contributed by atoms with E-state index in [1.54, 1.807) is 24.3 Å². The molecule has 0 aliphatic carbocycles. The first-order valence-electron chi connectivity index (χ1n) is 8.73. The van der Waals surface area contributed by atoms with Crippen LogP contribution >= 0.6 is 0 Å². The van der Waals surface area contributed by atoms with Crippen molar-refractivity contribution < 1.29 is 26.7 Å². The lowest BCUT2D eigenvalue weighted by Gasteiger charge is -2.21. The number of carbonyl (C=O) groups is 1. The van der Waals surface area contributed by atoms with Crippen molar-refractivity contribution in [2.24, 2.45) is 0 Å². The van der Waals surface area contributed by atoms with Crippen molar-refractivity contribution in [1.82, 2.24) is 0 Å². The highest BCUT2D eigenvalue weighted by molar-refractivity contribution is 7.92. The van der Waals surface area contributed by atoms with Gasteiger partial charge < -0.3 is 10.1 Å². The fourth-order valence-electron chi connectivity index (χ4n) is 2.75. The topological polar surface area (TPSA) is 75.7 Å². The average molecular weight is 432 g/mol. The summed E-state index contributed by atoms with van der Waals surface area (Å²) in [6, 6.07) is 15.2. The van der Waals surface area contributed by atoms with Crippen LogP contribution in [0.25, 0.3) is 0 Å². The molecule has 30 heavy (non-hydrogen) atoms. The van der Waals surface area contributed by atoms with E-state index in [-0.39, 0.29) is 16.1 Å². The lowest BCUT2D eigenvalue weighted by molar-refractivity contribution is 0.102. The zero-order valence-electron chi connectivity index (χ0n) is 16.1. The maximum Gasteiger partial charge on any atom is 0.264 e. The molecule has 0 saturated carbocycles. The minimum Gasteiger partial charge on any atom is -0.495 e. The Labute approximate surface area is 172 Å². The molecule has 1 amide bonds. The summed E-state index contributed by atoms with van der Waals surface area (Å²) < 4.78 is 59.2. The molecule has 9 heteroatoms. The third-order valence-corrected chi connectivity index (χ3v) is 6.18. The summed E-state index contributed by atoms with van der Waals surface area (Å²) in [7, 11) is -1.10. The molecule has 3 aromatic rings. The van der Waals surface area contributed by atoms with Crippen LogP contribution in [0.5, 0.6) is 5.75 Å². The molecule has 0 aliphatic rings. The number of carbonyl (C=O) groups excluding carboxylic acids is 1. The third-order valence-electron chi connectivity index (χ3n) is 4.40. The predicted molar refractivity (Wildman–Crippen MR) is 109 cm³/mol. The van der Waals surface area contributed by atoms with Crippen molar-refractivity contribution in [3.63, 3.8) is 0 Å². The normalized spacial score (nSPS) is 11.1. The SMILES string of the molecule is COc1ccccc1N(C)S(=O)(=O)c1ccc(C(=O)Nc2cccc(F)c2F)cc1. The molecule has 0 heterocycles. The Morgan fingerprint density at radius 3 is 2.30 bits per heavy atom. The van der Waals surface area contributed by atoms with E-state index in [4.69, 9.17) is 4.74 Å². The smallest absolute Gasteiger partial charge is 0.264 e. The largest absolute Gasteiger partial charge is 0.495 e. The van der Waals surface area contributed by atoms with Gasteiger partial charge in [0.1, 0.15) is 5.75 Å². The number of benzene rings is 3. The Balaban J connectivity index is 1.83. The molecule has 0 fully saturated rings. The molecule has 0 bridgehead atoms. The van der Waals surface area contributed by atoms with Crippen LogP contribution in [0.3, 0.4) is 0 Å². The zero-order chi connectivity index (χ0) is 21.9. The molecule has 3 rings (SSSR count). The Hall–Kier alpha value is -3.46. The van der Waals surface area contributed by atoms with Gasteiger partial charge in [0, 0.05) is 12.6 Å². The number of anilines is 2. The van der Waals surface area contributed by atoms with Gasteiger partial charge in [-0.3, -0.25) is 9.10 Å². The third kappa shape index (κ3) is 4.11. The van der Waals surface area contributed by atoms with E-state index in [1.165, 1.54) is 50.6 Å². The zero-order valence-corrected chi connectivity index (χ0v) is 16.9. The number of ether oxygens (including phenoxy) is 1. The summed E-state index contributed by atoms with van der Waals surface area (Å²) in [6.07, 6.45) is 0. The van der Waals surface area contributed by atoms with Gasteiger partial charge >= 0.3 is 0 Å². The van der Waals surface area contributed by atoms with E-state index in [0.29, 0.717) is 11.4 Å². The Bertz CT molecular complexity index is 1180. The molecular formula is C21H18F2N2O4S. The highest BCUT2D eigenvalue weighted by atomic mass is 32.2. The van der Waals surface area contributed by atoms with Crippen LogP contribution in [0.1, 0.15) is 10.4 Å². The molecule has 0 atom stereocenters. The Morgan fingerprint density at radius 1 is 0.967 bits per heavy atom. The number of sulfonamides is 1. The molecular weight excluding hydrogens is 414 g/mol. The monoisotopic (exact) mass is 432 g/mol. The van der Waals surface area contributed by atoms with Gasteiger partial charge in [-0.1, -0.05) is 18.2 Å². The highest BCUT2D eigenvalue weighted by Crippen LogP contribution is 2.31. The maximum atomic E-state index is 13.7. The predicted octanol–water partition coefficient (Wildman–Crippen LogP) is 4.05. The molecule has 1 N–H and O–H groups in total. The van der Waals surface area contributed by atoms with Crippen molar-refractivity contribution in [3.8, 4) is 5.75 Å². The minimum atomic E-state index is -3.93. The summed E-state index contributed by atoms with van der Waals surface area (Å²) in [4.78, 5) is 12.2. The van der Waals surface area contributed by atoms with Gasteiger partial charge in [0.2, 0.25) is 0 Å². The molecule has 6 nitrogen and oxygen atoms in total. The van der Waals surface area contributed by atoms with Crippen LogP contribution in [0.4, 0.5) is 20.2 Å². The molecule has 0 unspecified atom stereocenters. The number of methoxy groups -OCH3 is 1. The van der Waals surface area contributed by atoms with Gasteiger partial charge in [-0.15, -0.1) is 0 Å². The average Bonchev–Trinajstić information content (AvgIpc) is 2.76. The van der Waals surface area contributed by atoms with Crippen LogP contribution < -0.4 is 14.4 Å². The van der Waals surface area contributed by atoms with E-state index < -0.39 is 27.6 Å². The van der Waals surface area contributed by atoms with Crippen molar-refractivity contribution in [3.05, 3.63) is 83.9 Å². The summed E-state index contributed by atoms with van der Waals surface area (Å²) >= 11 is 0. The fourth-order valence-corrected chi connectivity index (χ4v) is 3.96. The Morgan fingerprint density at radius 2 is 1.63 bits per heavy atom. The van der Waals surface area contributed by atoms with E-state index >= 15 is 0 Å². The maximum absolute atomic E-state index is 13.7. The first kappa shape index (κ1) is 21.3. The number of nitrogens with zero attached hydrogens (tertiary/aromatic N) is 1. The summed E-state index contributed by atoms with van der Waals surface area (Å²) in [5.74, 6) is -2.59. The second kappa shape index (κ2) is 8.50. The first-order chi connectivity index (χ1) is 14.3. The van der Waals surface area contributed by atoms with Crippen molar-refractivity contribution in [1.29, 1.82) is 0 Å². The molecule has 156 valence electrons. The minimum absolute atomic E-state index is 0.0515. The fraction of sp³-hybridized carbons (Fsp3) is 0.0952. The van der Waals surface area contributed by atoms with Crippen LogP contribution in [0.2, 0.25) is 0 Å². The lowest BCUT2D eigenvalue weighted by Crippen LogP contribution is -2.27. The van der Waals surface area contributed by atoms with E-state index in [2.05, 4.69) is 5.32 Å². The first-order valence-corrected chi connectivity index (χ1v) is 10.2. The number of nitrogens with one attached hydrogen (secondary N) is 1. The summed E-state index contributed by atoms with van der Waals surface area (Å²) in [6.45, 7) is 0. The molecule has 3 aromatic carbocycles. The summed E-state index contributed by atoms with van der Waals surface area (Å²) in [5.41, 5.74) is 0.119. The van der Waals surface area contributed by atoms with Crippen LogP contribution in [-0.4, -0.2) is 28.5 Å². The second-order valence-electron chi connectivity index (χ2n) is 6.22. The van der Waals surface area contributed by atoms with Gasteiger partial charge in [-0.05, 0) is 48.5 Å². The van der Waals surface area contributed by atoms with Crippen LogP contribution in [0, 0.1) is 11.6 Å². The van der Waals surface area contributed by atoms with Gasteiger partial charge in [0.15, 0.2) is 11.6 Å². The van der Waals surface area contributed by atoms with Crippen LogP contribution in [-0.2, 0) is 10.0 Å². The van der Waals surface area contributed by atoms with E-state index in [9.17, 15) is 22.0 Å². The molecule has 0 spiro atoms. The summed E-state index contributed by atoms with van der Waals surface area (Å²) in [5, 5.41) is 2.26. The Kier molecular flexibility index (Phi) is 6.02. The van der Waals surface area contributed by atoms with Crippen LogP contribution in [0.15, 0.2) is 71.6 Å². The van der Waals surface area contributed by atoms with E-state index in [0.717, 1.165) is 10.4 Å². The molecule has 0 saturated heterocycles. The molecule has 0 radical (unpaired) electrons. The van der Waals surface area contributed by atoms with Gasteiger partial charge in [0.25, 0.3) is 15.9 Å². The number of para-hydroxylation sites is 2. The molecule has 0 aliphatic heterocycles. The van der Waals surface area contributed by atoms with Gasteiger partial charge in [-0.2, -0.15) is 0 Å². The van der Waals surface area contributed by atoms with Crippen molar-refractivity contribution in [2.45, 2.75) is 4.90 Å². The number of hydrogen-bond donors (Lipinski definition) is 1. The lowest BCUT2D eigenvalue weighted by atomic mass is 10.2. The quantitative estimate of drug-likeness (QED) is 0.638. The number of rotatable bonds is 6. The number of amides is 1. The van der Waals surface area contributed by atoms with Gasteiger partial charge in [0.05, 0.1) is 23.4 Å².